The number of hydrogen-bond donors (Lipinski definition) is 1. The lowest BCUT2D eigenvalue weighted by atomic mass is 10.1. The zero-order valence-electron chi connectivity index (χ0n) is 12.9. The second kappa shape index (κ2) is 10.4. The van der Waals surface area contributed by atoms with Gasteiger partial charge in [0.05, 0.1) is 6.26 Å². The summed E-state index contributed by atoms with van der Waals surface area (Å²) in [6.45, 7) is 11.8. The Hall–Kier alpha value is -2.36. The van der Waals surface area contributed by atoms with Crippen molar-refractivity contribution in [1.82, 2.24) is 5.32 Å². The summed E-state index contributed by atoms with van der Waals surface area (Å²) >= 11 is 0. The minimum Gasteiger partial charge on any atom is -0.435 e. The maximum absolute atomic E-state index is 11.3. The maximum Gasteiger partial charge on any atom is 0.307 e. The summed E-state index contributed by atoms with van der Waals surface area (Å²) in [6.07, 6.45) is 1.95. The molecule has 0 fully saturated rings. The van der Waals surface area contributed by atoms with Crippen LogP contribution < -0.4 is 5.32 Å². The first-order valence-corrected chi connectivity index (χ1v) is 6.65. The lowest BCUT2D eigenvalue weighted by Crippen LogP contribution is -2.34. The van der Waals surface area contributed by atoms with E-state index >= 15 is 0 Å². The molecule has 21 heavy (non-hydrogen) atoms. The van der Waals surface area contributed by atoms with Crippen molar-refractivity contribution < 1.29 is 14.3 Å². The second-order valence-electron chi connectivity index (χ2n) is 4.62. The van der Waals surface area contributed by atoms with Crippen molar-refractivity contribution >= 4 is 11.9 Å². The molecule has 114 valence electrons. The molecule has 1 atom stereocenters. The molecule has 0 saturated heterocycles. The fraction of sp³-hybridized carbons (Fsp3) is 0.294. The number of carbonyl (C=O) groups excluding carboxylic acids is 2. The van der Waals surface area contributed by atoms with Gasteiger partial charge in [0.2, 0.25) is 5.91 Å². The Morgan fingerprint density at radius 3 is 2.24 bits per heavy atom. The summed E-state index contributed by atoms with van der Waals surface area (Å²) in [7, 11) is 0. The van der Waals surface area contributed by atoms with Gasteiger partial charge >= 0.3 is 5.97 Å². The van der Waals surface area contributed by atoms with Crippen LogP contribution >= 0.6 is 0 Å². The molecule has 4 nitrogen and oxygen atoms in total. The molecule has 0 aliphatic rings. The molecular weight excluding hydrogens is 266 g/mol. The predicted octanol–water partition coefficient (Wildman–Crippen LogP) is 3.00. The van der Waals surface area contributed by atoms with E-state index in [1.165, 1.54) is 12.5 Å². The molecule has 1 amide bonds. The van der Waals surface area contributed by atoms with E-state index in [0.717, 1.165) is 12.7 Å². The van der Waals surface area contributed by atoms with Crippen molar-refractivity contribution in [2.24, 2.45) is 0 Å². The van der Waals surface area contributed by atoms with E-state index < -0.39 is 0 Å². The molecule has 1 rings (SSSR count). The molecule has 0 radical (unpaired) electrons. The fourth-order valence-corrected chi connectivity index (χ4v) is 1.48. The lowest BCUT2D eigenvalue weighted by Gasteiger charge is -2.13. The Balaban J connectivity index is 0.000000567. The van der Waals surface area contributed by atoms with Gasteiger partial charge in [-0.3, -0.25) is 9.59 Å². The Labute approximate surface area is 126 Å². The highest BCUT2D eigenvalue weighted by Gasteiger charge is 2.07. The minimum absolute atomic E-state index is 0.0709. The van der Waals surface area contributed by atoms with Crippen LogP contribution in [-0.4, -0.2) is 17.9 Å². The van der Waals surface area contributed by atoms with Gasteiger partial charge in [-0.2, -0.15) is 0 Å². The van der Waals surface area contributed by atoms with E-state index in [1.54, 1.807) is 6.92 Å². The first-order valence-electron chi connectivity index (χ1n) is 6.65. The van der Waals surface area contributed by atoms with Crippen LogP contribution in [-0.2, 0) is 20.7 Å². The Morgan fingerprint density at radius 1 is 1.29 bits per heavy atom. The van der Waals surface area contributed by atoms with E-state index in [0.29, 0.717) is 5.57 Å². The van der Waals surface area contributed by atoms with Crippen LogP contribution in [0.5, 0.6) is 0 Å². The van der Waals surface area contributed by atoms with Crippen molar-refractivity contribution in [1.29, 1.82) is 0 Å². The Bertz CT molecular complexity index is 480. The van der Waals surface area contributed by atoms with Gasteiger partial charge in [-0.1, -0.05) is 43.5 Å². The van der Waals surface area contributed by atoms with Crippen molar-refractivity contribution in [3.8, 4) is 0 Å². The summed E-state index contributed by atoms with van der Waals surface area (Å²) in [5.41, 5.74) is 1.78. The maximum atomic E-state index is 11.3. The van der Waals surface area contributed by atoms with Crippen LogP contribution in [0, 0.1) is 0 Å². The Kier molecular flexibility index (Phi) is 9.26. The number of rotatable bonds is 5. The van der Waals surface area contributed by atoms with Gasteiger partial charge in [-0.25, -0.2) is 0 Å². The van der Waals surface area contributed by atoms with E-state index in [1.807, 2.05) is 25.1 Å². The summed E-state index contributed by atoms with van der Waals surface area (Å²) in [5.74, 6) is -0.400. The summed E-state index contributed by atoms with van der Waals surface area (Å²) < 4.78 is 4.17. The Morgan fingerprint density at radius 2 is 1.86 bits per heavy atom. The largest absolute Gasteiger partial charge is 0.435 e. The molecule has 0 aliphatic heterocycles. The molecule has 1 unspecified atom stereocenters. The highest BCUT2D eigenvalue weighted by atomic mass is 16.5. The van der Waals surface area contributed by atoms with E-state index in [9.17, 15) is 9.59 Å². The molecule has 1 aromatic carbocycles. The highest BCUT2D eigenvalue weighted by molar-refractivity contribution is 5.92. The van der Waals surface area contributed by atoms with Gasteiger partial charge < -0.3 is 10.1 Å². The molecule has 1 N–H and O–H groups in total. The smallest absolute Gasteiger partial charge is 0.307 e. The van der Waals surface area contributed by atoms with Crippen LogP contribution in [0.2, 0.25) is 0 Å². The molecular formula is C17H23NO3. The fourth-order valence-electron chi connectivity index (χ4n) is 1.48. The quantitative estimate of drug-likeness (QED) is 0.515. The third-order valence-corrected chi connectivity index (χ3v) is 2.40. The molecule has 1 aromatic rings. The number of ether oxygens (including phenoxy) is 1. The van der Waals surface area contributed by atoms with Crippen molar-refractivity contribution in [3.05, 3.63) is 60.9 Å². The summed E-state index contributed by atoms with van der Waals surface area (Å²) in [6, 6.07) is 10.2. The van der Waals surface area contributed by atoms with Crippen LogP contribution in [0.4, 0.5) is 0 Å². The number of carbonyl (C=O) groups is 2. The van der Waals surface area contributed by atoms with Gasteiger partial charge in [0.25, 0.3) is 0 Å². The normalized spacial score (nSPS) is 10.4. The van der Waals surface area contributed by atoms with E-state index in [-0.39, 0.29) is 17.9 Å². The molecule has 4 heteroatoms. The molecule has 0 aliphatic carbocycles. The van der Waals surface area contributed by atoms with Gasteiger partial charge in [0.1, 0.15) is 0 Å². The minimum atomic E-state index is -0.329. The monoisotopic (exact) mass is 289 g/mol. The second-order valence-corrected chi connectivity index (χ2v) is 4.62. The van der Waals surface area contributed by atoms with Gasteiger partial charge in [0, 0.05) is 18.5 Å². The lowest BCUT2D eigenvalue weighted by molar-refractivity contribution is -0.135. The molecule has 0 aromatic heterocycles. The zero-order valence-corrected chi connectivity index (χ0v) is 12.9. The third-order valence-electron chi connectivity index (χ3n) is 2.40. The molecule has 0 bridgehead atoms. The molecule has 0 spiro atoms. The van der Waals surface area contributed by atoms with E-state index in [2.05, 4.69) is 35.3 Å². The number of esters is 1. The van der Waals surface area contributed by atoms with Gasteiger partial charge in [0.15, 0.2) is 0 Å². The van der Waals surface area contributed by atoms with Crippen LogP contribution in [0.1, 0.15) is 26.3 Å². The molecule has 0 heterocycles. The molecule has 0 saturated carbocycles. The number of amides is 1. The average Bonchev–Trinajstić information content (AvgIpc) is 2.40. The van der Waals surface area contributed by atoms with Crippen LogP contribution in [0.15, 0.2) is 55.3 Å². The first kappa shape index (κ1) is 18.6. The zero-order chi connectivity index (χ0) is 16.3. The standard InChI is InChI=1S/C13H17NO.C4H6O2/c1-10(2)13(15)14-11(3)9-12-7-5-4-6-8-12;1-3-6-4(2)5/h4-8,11H,1,9H2,2-3H3,(H,14,15);3H,1H2,2H3. The number of benzene rings is 1. The van der Waals surface area contributed by atoms with Crippen LogP contribution in [0.3, 0.4) is 0 Å². The predicted molar refractivity (Wildman–Crippen MR) is 84.5 cm³/mol. The highest BCUT2D eigenvalue weighted by Crippen LogP contribution is 2.03. The van der Waals surface area contributed by atoms with Crippen molar-refractivity contribution in [2.45, 2.75) is 33.2 Å². The summed E-state index contributed by atoms with van der Waals surface area (Å²) in [4.78, 5) is 21.1. The SMILES string of the molecule is C=C(C)C(=O)NC(C)Cc1ccccc1.C=COC(C)=O. The van der Waals surface area contributed by atoms with Crippen molar-refractivity contribution in [3.63, 3.8) is 0 Å². The van der Waals surface area contributed by atoms with Crippen LogP contribution in [0.25, 0.3) is 0 Å². The third kappa shape index (κ3) is 10.1. The average molecular weight is 289 g/mol. The summed E-state index contributed by atoms with van der Waals surface area (Å²) in [5, 5.41) is 2.89. The van der Waals surface area contributed by atoms with Gasteiger partial charge in [-0.15, -0.1) is 0 Å². The topological polar surface area (TPSA) is 55.4 Å². The number of hydrogen-bond acceptors (Lipinski definition) is 3. The van der Waals surface area contributed by atoms with Crippen molar-refractivity contribution in [2.75, 3.05) is 0 Å². The van der Waals surface area contributed by atoms with E-state index in [4.69, 9.17) is 0 Å². The first-order chi connectivity index (χ1) is 9.86. The number of nitrogens with one attached hydrogen (secondary N) is 1. The van der Waals surface area contributed by atoms with Gasteiger partial charge in [-0.05, 0) is 25.8 Å².